The first-order valence-electron chi connectivity index (χ1n) is 4.34. The number of rotatable bonds is 1. The predicted octanol–water partition coefficient (Wildman–Crippen LogP) is -1.40. The van der Waals surface area contributed by atoms with Crippen molar-refractivity contribution < 1.29 is 18.9 Å². The summed E-state index contributed by atoms with van der Waals surface area (Å²) in [4.78, 5) is 23.3. The number of hydrogen-bond donors (Lipinski definition) is 2. The molecule has 2 rings (SSSR count). The molecule has 1 amide bonds. The van der Waals surface area contributed by atoms with Crippen LogP contribution in [0.4, 0.5) is 0 Å². The maximum absolute atomic E-state index is 11.6. The van der Waals surface area contributed by atoms with E-state index < -0.39 is 34.1 Å². The van der Waals surface area contributed by atoms with Crippen LogP contribution < -0.4 is 5.73 Å². The minimum absolute atomic E-state index is 0.0636. The fourth-order valence-electron chi connectivity index (χ4n) is 1.86. The van der Waals surface area contributed by atoms with E-state index >= 15 is 0 Å². The van der Waals surface area contributed by atoms with Crippen LogP contribution in [0.5, 0.6) is 0 Å². The van der Waals surface area contributed by atoms with E-state index in [2.05, 4.69) is 0 Å². The maximum Gasteiger partial charge on any atom is 0.352 e. The van der Waals surface area contributed by atoms with Gasteiger partial charge in [-0.2, -0.15) is 0 Å². The van der Waals surface area contributed by atoms with Gasteiger partial charge in [-0.15, -0.1) is 0 Å². The van der Waals surface area contributed by atoms with Crippen molar-refractivity contribution in [3.05, 3.63) is 11.3 Å². The van der Waals surface area contributed by atoms with Crippen LogP contribution in [0.25, 0.3) is 0 Å². The maximum atomic E-state index is 11.6. The molecule has 3 atom stereocenters. The highest BCUT2D eigenvalue weighted by atomic mass is 32.2. The minimum atomic E-state index is -1.29. The Balaban J connectivity index is 2.46. The van der Waals surface area contributed by atoms with Crippen molar-refractivity contribution in [1.82, 2.24) is 4.90 Å². The molecular weight excluding hydrogens is 220 g/mol. The van der Waals surface area contributed by atoms with Crippen molar-refractivity contribution in [2.75, 3.05) is 5.75 Å². The third kappa shape index (κ3) is 1.23. The lowest BCUT2D eigenvalue weighted by molar-refractivity contribution is -0.148. The monoisotopic (exact) mass is 230 g/mol. The van der Waals surface area contributed by atoms with E-state index in [0.717, 1.165) is 4.90 Å². The van der Waals surface area contributed by atoms with Crippen molar-refractivity contribution in [3.8, 4) is 0 Å². The third-order valence-electron chi connectivity index (χ3n) is 2.56. The smallest absolute Gasteiger partial charge is 0.352 e. The number of fused-ring (bicyclic) bond motifs is 1. The Kier molecular flexibility index (Phi) is 2.16. The number of aliphatic carboxylic acids is 1. The minimum Gasteiger partial charge on any atom is -0.477 e. The molecule has 2 aliphatic rings. The van der Waals surface area contributed by atoms with Crippen LogP contribution in [0, 0.1) is 0 Å². The molecular formula is C8H10N2O4S. The van der Waals surface area contributed by atoms with Gasteiger partial charge in [0, 0.05) is 5.75 Å². The van der Waals surface area contributed by atoms with E-state index in [4.69, 9.17) is 10.8 Å². The molecule has 0 spiro atoms. The SMILES string of the molecule is CC1=C(C(=O)O)N2C(=O)[C@@H](N)[C@H]2S(=O)C1. The first-order valence-corrected chi connectivity index (χ1v) is 5.72. The largest absolute Gasteiger partial charge is 0.477 e. The summed E-state index contributed by atoms with van der Waals surface area (Å²) in [5, 5.41) is 8.27. The van der Waals surface area contributed by atoms with E-state index in [1.165, 1.54) is 0 Å². The number of nitrogens with zero attached hydrogens (tertiary/aromatic N) is 1. The van der Waals surface area contributed by atoms with E-state index in [-0.39, 0.29) is 11.4 Å². The molecule has 0 aromatic carbocycles. The van der Waals surface area contributed by atoms with Gasteiger partial charge in [0.1, 0.15) is 17.1 Å². The quantitative estimate of drug-likeness (QED) is 0.540. The molecule has 2 heterocycles. The highest BCUT2D eigenvalue weighted by Gasteiger charge is 2.54. The lowest BCUT2D eigenvalue weighted by Crippen LogP contribution is -2.71. The summed E-state index contributed by atoms with van der Waals surface area (Å²) in [5.41, 5.74) is 5.87. The van der Waals surface area contributed by atoms with Gasteiger partial charge in [-0.1, -0.05) is 0 Å². The molecule has 82 valence electrons. The Morgan fingerprint density at radius 3 is 2.80 bits per heavy atom. The number of β-lactam (4-membered cyclic amide) rings is 1. The zero-order chi connectivity index (χ0) is 11.3. The Morgan fingerprint density at radius 1 is 1.67 bits per heavy atom. The average molecular weight is 230 g/mol. The summed E-state index contributed by atoms with van der Waals surface area (Å²) in [6, 6.07) is -0.826. The summed E-state index contributed by atoms with van der Waals surface area (Å²) in [6.45, 7) is 1.56. The zero-order valence-corrected chi connectivity index (χ0v) is 8.78. The third-order valence-corrected chi connectivity index (χ3v) is 4.32. The highest BCUT2D eigenvalue weighted by molar-refractivity contribution is 7.86. The van der Waals surface area contributed by atoms with Crippen LogP contribution >= 0.6 is 0 Å². The van der Waals surface area contributed by atoms with Crippen LogP contribution in [-0.2, 0) is 20.4 Å². The normalized spacial score (nSPS) is 34.9. The van der Waals surface area contributed by atoms with Crippen molar-refractivity contribution in [2.45, 2.75) is 18.3 Å². The summed E-state index contributed by atoms with van der Waals surface area (Å²) < 4.78 is 11.6. The number of carbonyl (C=O) groups is 2. The molecule has 1 saturated heterocycles. The molecule has 15 heavy (non-hydrogen) atoms. The summed E-state index contributed by atoms with van der Waals surface area (Å²) in [7, 11) is -1.29. The Labute approximate surface area is 88.2 Å². The first kappa shape index (κ1) is 10.3. The topological polar surface area (TPSA) is 101 Å². The molecule has 0 saturated carbocycles. The second-order valence-corrected chi connectivity index (χ2v) is 5.12. The number of carboxylic acid groups (broad SMARTS) is 1. The molecule has 0 radical (unpaired) electrons. The molecule has 2 aliphatic heterocycles. The highest BCUT2D eigenvalue weighted by Crippen LogP contribution is 2.33. The molecule has 3 N–H and O–H groups in total. The Bertz CT molecular complexity index is 417. The Hall–Kier alpha value is -1.21. The molecule has 0 aliphatic carbocycles. The van der Waals surface area contributed by atoms with Gasteiger partial charge in [0.15, 0.2) is 0 Å². The van der Waals surface area contributed by atoms with Crippen LogP contribution in [0.15, 0.2) is 11.3 Å². The Morgan fingerprint density at radius 2 is 2.27 bits per heavy atom. The van der Waals surface area contributed by atoms with Crippen LogP contribution in [0.1, 0.15) is 6.92 Å². The molecule has 7 heteroatoms. The van der Waals surface area contributed by atoms with E-state index in [9.17, 15) is 13.8 Å². The standard InChI is InChI=1S/C8H10N2O4S/c1-3-2-15(14)7-4(9)6(11)10(7)5(3)8(12)13/h4,7H,2,9H2,1H3,(H,12,13)/t4-,7-,15?/m1/s1. The van der Waals surface area contributed by atoms with Crippen LogP contribution in [-0.4, -0.2) is 43.3 Å². The first-order chi connectivity index (χ1) is 6.95. The van der Waals surface area contributed by atoms with Crippen LogP contribution in [0.3, 0.4) is 0 Å². The zero-order valence-electron chi connectivity index (χ0n) is 7.97. The number of hydrogen-bond acceptors (Lipinski definition) is 4. The summed E-state index contributed by atoms with van der Waals surface area (Å²) >= 11 is 0. The lowest BCUT2D eigenvalue weighted by atomic mass is 10.0. The summed E-state index contributed by atoms with van der Waals surface area (Å²) in [5.74, 6) is -1.47. The van der Waals surface area contributed by atoms with E-state index in [1.807, 2.05) is 0 Å². The molecule has 1 unspecified atom stereocenters. The summed E-state index contributed by atoms with van der Waals surface area (Å²) in [6.07, 6.45) is 0. The molecule has 1 fully saturated rings. The molecule has 6 nitrogen and oxygen atoms in total. The van der Waals surface area contributed by atoms with Crippen molar-refractivity contribution in [3.63, 3.8) is 0 Å². The van der Waals surface area contributed by atoms with Crippen molar-refractivity contribution in [2.24, 2.45) is 5.73 Å². The number of carbonyl (C=O) groups excluding carboxylic acids is 1. The van der Waals surface area contributed by atoms with Gasteiger partial charge in [-0.05, 0) is 12.5 Å². The second kappa shape index (κ2) is 3.14. The van der Waals surface area contributed by atoms with E-state index in [0.29, 0.717) is 5.57 Å². The van der Waals surface area contributed by atoms with Gasteiger partial charge in [0.25, 0.3) is 0 Å². The number of amides is 1. The fourth-order valence-corrected chi connectivity index (χ4v) is 3.49. The predicted molar refractivity (Wildman–Crippen MR) is 52.0 cm³/mol. The van der Waals surface area contributed by atoms with Gasteiger partial charge >= 0.3 is 5.97 Å². The second-order valence-electron chi connectivity index (χ2n) is 3.58. The number of carboxylic acids is 1. The molecule has 0 aromatic rings. The number of nitrogens with two attached hydrogens (primary N) is 1. The van der Waals surface area contributed by atoms with Gasteiger partial charge in [0.05, 0.1) is 10.8 Å². The van der Waals surface area contributed by atoms with Gasteiger partial charge in [0.2, 0.25) is 5.91 Å². The van der Waals surface area contributed by atoms with Crippen LogP contribution in [0.2, 0.25) is 0 Å². The van der Waals surface area contributed by atoms with Crippen molar-refractivity contribution in [1.29, 1.82) is 0 Å². The van der Waals surface area contributed by atoms with Crippen molar-refractivity contribution >= 4 is 22.7 Å². The van der Waals surface area contributed by atoms with Gasteiger partial charge in [-0.25, -0.2) is 4.79 Å². The lowest BCUT2D eigenvalue weighted by Gasteiger charge is -2.47. The molecule has 0 aromatic heterocycles. The van der Waals surface area contributed by atoms with E-state index in [1.54, 1.807) is 6.92 Å². The molecule has 0 bridgehead atoms. The van der Waals surface area contributed by atoms with Gasteiger partial charge in [-0.3, -0.25) is 13.9 Å². The fraction of sp³-hybridized carbons (Fsp3) is 0.500. The average Bonchev–Trinajstić information content (AvgIpc) is 2.15. The van der Waals surface area contributed by atoms with Gasteiger partial charge < -0.3 is 10.8 Å².